The summed E-state index contributed by atoms with van der Waals surface area (Å²) in [5.74, 6) is -0.635. The standard InChI is InChI=1S/C17H18N2O4S/c20-15(5-12-9-24-16(18-12)11-3-4-23-8-11)19-6-13(10-1-2-10)14(7-19)17(21)22/h3-4,8-10,13-14H,1-2,5-7H2,(H,21,22)/t13-,14+/m1/s1. The Morgan fingerprint density at radius 1 is 1.38 bits per heavy atom. The number of carboxylic acid groups (broad SMARTS) is 1. The first-order valence-electron chi connectivity index (χ1n) is 8.09. The molecule has 126 valence electrons. The number of carboxylic acids is 1. The van der Waals surface area contributed by atoms with Crippen LogP contribution in [0.2, 0.25) is 0 Å². The predicted molar refractivity (Wildman–Crippen MR) is 87.4 cm³/mol. The minimum absolute atomic E-state index is 0.0338. The number of hydrogen-bond donors (Lipinski definition) is 1. The van der Waals surface area contributed by atoms with Crippen molar-refractivity contribution in [3.8, 4) is 10.6 Å². The van der Waals surface area contributed by atoms with Gasteiger partial charge < -0.3 is 14.4 Å². The van der Waals surface area contributed by atoms with Crippen molar-refractivity contribution in [2.75, 3.05) is 13.1 Å². The van der Waals surface area contributed by atoms with Gasteiger partial charge in [0.15, 0.2) is 0 Å². The quantitative estimate of drug-likeness (QED) is 0.899. The van der Waals surface area contributed by atoms with Gasteiger partial charge in [-0.05, 0) is 30.7 Å². The first-order valence-corrected chi connectivity index (χ1v) is 8.97. The first kappa shape index (κ1) is 15.4. The van der Waals surface area contributed by atoms with Gasteiger partial charge >= 0.3 is 5.97 Å². The van der Waals surface area contributed by atoms with Crippen molar-refractivity contribution in [2.24, 2.45) is 17.8 Å². The molecule has 1 N–H and O–H groups in total. The Kier molecular flexibility index (Phi) is 3.88. The lowest BCUT2D eigenvalue weighted by atomic mass is 9.92. The van der Waals surface area contributed by atoms with Crippen molar-refractivity contribution in [2.45, 2.75) is 19.3 Å². The van der Waals surface area contributed by atoms with Gasteiger partial charge in [-0.15, -0.1) is 11.3 Å². The van der Waals surface area contributed by atoms with Crippen molar-refractivity contribution < 1.29 is 19.1 Å². The third kappa shape index (κ3) is 2.96. The summed E-state index contributed by atoms with van der Waals surface area (Å²) in [6, 6.07) is 1.84. The maximum absolute atomic E-state index is 12.5. The van der Waals surface area contributed by atoms with Crippen LogP contribution < -0.4 is 0 Å². The van der Waals surface area contributed by atoms with Crippen LogP contribution in [-0.4, -0.2) is 40.0 Å². The molecule has 24 heavy (non-hydrogen) atoms. The summed E-state index contributed by atoms with van der Waals surface area (Å²) < 4.78 is 5.05. The smallest absolute Gasteiger partial charge is 0.308 e. The van der Waals surface area contributed by atoms with E-state index in [1.54, 1.807) is 17.4 Å². The molecular formula is C17H18N2O4S. The third-order valence-electron chi connectivity index (χ3n) is 4.91. The molecule has 2 aromatic heterocycles. The van der Waals surface area contributed by atoms with Gasteiger partial charge in [-0.2, -0.15) is 0 Å². The first-order chi connectivity index (χ1) is 11.6. The highest BCUT2D eigenvalue weighted by atomic mass is 32.1. The van der Waals surface area contributed by atoms with Crippen LogP contribution in [0.3, 0.4) is 0 Å². The van der Waals surface area contributed by atoms with E-state index in [1.165, 1.54) is 11.3 Å². The Balaban J connectivity index is 1.42. The number of amides is 1. The number of furan rings is 1. The summed E-state index contributed by atoms with van der Waals surface area (Å²) in [5, 5.41) is 12.1. The van der Waals surface area contributed by atoms with Crippen LogP contribution in [0.1, 0.15) is 18.5 Å². The largest absolute Gasteiger partial charge is 0.481 e. The van der Waals surface area contributed by atoms with Crippen molar-refractivity contribution in [3.63, 3.8) is 0 Å². The van der Waals surface area contributed by atoms with E-state index in [0.717, 1.165) is 29.1 Å². The number of rotatable bonds is 5. The normalized spacial score (nSPS) is 23.6. The fourth-order valence-electron chi connectivity index (χ4n) is 3.47. The van der Waals surface area contributed by atoms with E-state index in [-0.39, 0.29) is 18.2 Å². The lowest BCUT2D eigenvalue weighted by Gasteiger charge is -2.15. The van der Waals surface area contributed by atoms with Crippen LogP contribution in [0.25, 0.3) is 10.6 Å². The highest BCUT2D eigenvalue weighted by Gasteiger charge is 2.46. The van der Waals surface area contributed by atoms with Gasteiger partial charge in [0.2, 0.25) is 5.91 Å². The number of aromatic nitrogens is 1. The average molecular weight is 346 g/mol. The highest BCUT2D eigenvalue weighted by molar-refractivity contribution is 7.13. The Morgan fingerprint density at radius 2 is 2.21 bits per heavy atom. The molecule has 0 aromatic carbocycles. The van der Waals surface area contributed by atoms with E-state index in [9.17, 15) is 14.7 Å². The van der Waals surface area contributed by atoms with Crippen molar-refractivity contribution >= 4 is 23.2 Å². The van der Waals surface area contributed by atoms with Crippen molar-refractivity contribution in [3.05, 3.63) is 29.7 Å². The van der Waals surface area contributed by atoms with Gasteiger partial charge in [0.05, 0.1) is 24.3 Å². The molecule has 3 heterocycles. The molecule has 2 fully saturated rings. The monoisotopic (exact) mass is 346 g/mol. The fraction of sp³-hybridized carbons (Fsp3) is 0.471. The third-order valence-corrected chi connectivity index (χ3v) is 5.85. The molecular weight excluding hydrogens is 328 g/mol. The van der Waals surface area contributed by atoms with Crippen LogP contribution >= 0.6 is 11.3 Å². The predicted octanol–water partition coefficient (Wildman–Crippen LogP) is 2.51. The second kappa shape index (κ2) is 6.05. The molecule has 1 amide bonds. The van der Waals surface area contributed by atoms with Gasteiger partial charge in [0, 0.05) is 24.0 Å². The second-order valence-corrected chi connectivity index (χ2v) is 7.44. The van der Waals surface area contributed by atoms with Crippen molar-refractivity contribution in [1.29, 1.82) is 0 Å². The number of aliphatic carboxylic acids is 1. The molecule has 6 nitrogen and oxygen atoms in total. The lowest BCUT2D eigenvalue weighted by Crippen LogP contribution is -2.31. The van der Waals surface area contributed by atoms with Crippen molar-refractivity contribution in [1.82, 2.24) is 9.88 Å². The average Bonchev–Trinajstić information content (AvgIpc) is 3.00. The number of thiazole rings is 1. The van der Waals surface area contributed by atoms with Gasteiger partial charge in [-0.25, -0.2) is 4.98 Å². The number of likely N-dealkylation sites (tertiary alicyclic amines) is 1. The van der Waals surface area contributed by atoms with E-state index in [4.69, 9.17) is 4.42 Å². The number of hydrogen-bond acceptors (Lipinski definition) is 5. The topological polar surface area (TPSA) is 83.6 Å². The minimum atomic E-state index is -0.780. The van der Waals surface area contributed by atoms with E-state index < -0.39 is 11.9 Å². The minimum Gasteiger partial charge on any atom is -0.481 e. The molecule has 1 aliphatic heterocycles. The van der Waals surface area contributed by atoms with Crippen LogP contribution in [0.4, 0.5) is 0 Å². The van der Waals surface area contributed by atoms with Gasteiger partial charge in [-0.1, -0.05) is 0 Å². The Bertz CT molecular complexity index is 750. The van der Waals surface area contributed by atoms with E-state index in [0.29, 0.717) is 19.0 Å². The zero-order valence-electron chi connectivity index (χ0n) is 13.1. The van der Waals surface area contributed by atoms with Crippen LogP contribution in [-0.2, 0) is 16.0 Å². The van der Waals surface area contributed by atoms with E-state index in [2.05, 4.69) is 4.98 Å². The Labute approximate surface area is 143 Å². The van der Waals surface area contributed by atoms with Crippen LogP contribution in [0.5, 0.6) is 0 Å². The summed E-state index contributed by atoms with van der Waals surface area (Å²) in [5.41, 5.74) is 1.63. The molecule has 4 rings (SSSR count). The van der Waals surface area contributed by atoms with Gasteiger partial charge in [0.25, 0.3) is 0 Å². The molecule has 1 saturated carbocycles. The molecule has 0 spiro atoms. The molecule has 0 bridgehead atoms. The highest BCUT2D eigenvalue weighted by Crippen LogP contribution is 2.44. The van der Waals surface area contributed by atoms with E-state index in [1.807, 2.05) is 11.4 Å². The molecule has 1 saturated heterocycles. The van der Waals surface area contributed by atoms with Gasteiger partial charge in [-0.3, -0.25) is 9.59 Å². The summed E-state index contributed by atoms with van der Waals surface area (Å²) in [6.45, 7) is 0.896. The Morgan fingerprint density at radius 3 is 2.88 bits per heavy atom. The molecule has 7 heteroatoms. The fourth-order valence-corrected chi connectivity index (χ4v) is 4.28. The van der Waals surface area contributed by atoms with E-state index >= 15 is 0 Å². The summed E-state index contributed by atoms with van der Waals surface area (Å²) in [7, 11) is 0. The maximum Gasteiger partial charge on any atom is 0.308 e. The van der Waals surface area contributed by atoms with Gasteiger partial charge in [0.1, 0.15) is 11.3 Å². The molecule has 2 aromatic rings. The summed E-state index contributed by atoms with van der Waals surface area (Å²) in [6.07, 6.45) is 5.63. The molecule has 1 aliphatic carbocycles. The zero-order valence-corrected chi connectivity index (χ0v) is 13.9. The summed E-state index contributed by atoms with van der Waals surface area (Å²) >= 11 is 1.48. The molecule has 2 atom stereocenters. The maximum atomic E-state index is 12.5. The van der Waals surface area contributed by atoms with Crippen LogP contribution in [0, 0.1) is 17.8 Å². The number of nitrogens with zero attached hydrogens (tertiary/aromatic N) is 2. The lowest BCUT2D eigenvalue weighted by molar-refractivity contribution is -0.142. The van der Waals surface area contributed by atoms with Crippen LogP contribution in [0.15, 0.2) is 28.4 Å². The summed E-state index contributed by atoms with van der Waals surface area (Å²) in [4.78, 5) is 30.2. The Hall–Kier alpha value is -2.15. The second-order valence-electron chi connectivity index (χ2n) is 6.58. The number of carbonyl (C=O) groups excluding carboxylic acids is 1. The molecule has 0 unspecified atom stereocenters. The zero-order chi connectivity index (χ0) is 16.7. The SMILES string of the molecule is O=C(O)[C@H]1CN(C(=O)Cc2csc(-c3ccoc3)n2)C[C@@H]1C1CC1. The molecule has 0 radical (unpaired) electrons. The molecule has 2 aliphatic rings. The number of carbonyl (C=O) groups is 2.